The number of hydrogen-bond acceptors (Lipinski definition) is 11. The average Bonchev–Trinajstić information content (AvgIpc) is 3.38. The minimum absolute atomic E-state index is 0.0160. The summed E-state index contributed by atoms with van der Waals surface area (Å²) in [6.07, 6.45) is 0. The molecule has 2 aromatic heterocycles. The molecule has 0 bridgehead atoms. The minimum atomic E-state index is -1.07. The molecule has 0 fully saturated rings. The molecule has 0 aliphatic heterocycles. The van der Waals surface area contributed by atoms with Gasteiger partial charge in [0, 0.05) is 12.2 Å². The van der Waals surface area contributed by atoms with E-state index in [1.807, 2.05) is 0 Å². The Hall–Kier alpha value is -5.70. The lowest BCUT2D eigenvalue weighted by atomic mass is 10.1. The van der Waals surface area contributed by atoms with Crippen LogP contribution >= 0.6 is 12.2 Å². The fraction of sp³-hybridized carbons (Fsp3) is 0.111. The van der Waals surface area contributed by atoms with Crippen LogP contribution in [-0.4, -0.2) is 37.4 Å². The fourth-order valence-corrected chi connectivity index (χ4v) is 4.33. The lowest BCUT2D eigenvalue weighted by molar-refractivity contribution is 0.0696. The second kappa shape index (κ2) is 11.1. The molecule has 0 saturated heterocycles. The van der Waals surface area contributed by atoms with Crippen molar-refractivity contribution in [2.24, 2.45) is 0 Å². The monoisotopic (exact) mass is 587 g/mol. The van der Waals surface area contributed by atoms with Gasteiger partial charge in [0.2, 0.25) is 0 Å². The summed E-state index contributed by atoms with van der Waals surface area (Å²) in [5, 5.41) is 21.1. The van der Waals surface area contributed by atoms with Gasteiger partial charge in [-0.3, -0.25) is 19.2 Å². The van der Waals surface area contributed by atoms with Crippen LogP contribution in [0.5, 0.6) is 0 Å². The van der Waals surface area contributed by atoms with Crippen molar-refractivity contribution in [3.8, 4) is 0 Å². The van der Waals surface area contributed by atoms with Crippen LogP contribution in [0.15, 0.2) is 68.7 Å². The molecule has 0 aliphatic rings. The van der Waals surface area contributed by atoms with E-state index in [1.54, 1.807) is 43.3 Å². The summed E-state index contributed by atoms with van der Waals surface area (Å²) < 4.78 is 6.19. The van der Waals surface area contributed by atoms with Crippen LogP contribution in [0.4, 0.5) is 17.1 Å². The number of carboxylic acid groups (broad SMARTS) is 1. The van der Waals surface area contributed by atoms with Crippen molar-refractivity contribution in [3.05, 3.63) is 108 Å². The summed E-state index contributed by atoms with van der Waals surface area (Å²) in [6, 6.07) is 13.5. The fourth-order valence-electron chi connectivity index (χ4n) is 4.11. The highest BCUT2D eigenvalue weighted by Crippen LogP contribution is 2.20. The van der Waals surface area contributed by atoms with Gasteiger partial charge in [-0.2, -0.15) is 0 Å². The molecule has 0 saturated carbocycles. The van der Waals surface area contributed by atoms with Crippen molar-refractivity contribution in [3.63, 3.8) is 0 Å². The Balaban J connectivity index is 1.33. The summed E-state index contributed by atoms with van der Waals surface area (Å²) in [6.45, 7) is 1.76. The summed E-state index contributed by atoms with van der Waals surface area (Å²) in [4.78, 5) is 64.5. The largest absolute Gasteiger partial charge is 0.478 e. The Kier molecular flexibility index (Phi) is 7.33. The first-order valence-electron chi connectivity index (χ1n) is 12.3. The van der Waals surface area contributed by atoms with E-state index in [-0.39, 0.29) is 45.5 Å². The number of hydrogen-bond donors (Lipinski definition) is 5. The Bertz CT molecular complexity index is 2010. The lowest BCUT2D eigenvalue weighted by Crippen LogP contribution is -2.36. The first-order chi connectivity index (χ1) is 20.0. The normalized spacial score (nSPS) is 11.7. The molecule has 0 radical (unpaired) electrons. The van der Waals surface area contributed by atoms with Crippen molar-refractivity contribution in [1.29, 1.82) is 0 Å². The zero-order valence-electron chi connectivity index (χ0n) is 21.7. The molecular weight excluding hydrogens is 566 g/mol. The molecule has 2 amide bonds. The number of anilines is 3. The van der Waals surface area contributed by atoms with Gasteiger partial charge in [-0.1, -0.05) is 24.3 Å². The Morgan fingerprint density at radius 2 is 1.81 bits per heavy atom. The van der Waals surface area contributed by atoms with Crippen LogP contribution in [-0.2, 0) is 6.54 Å². The standard InChI is InChI=1S/C27H21N7O7S/c1-12(14-5-7-15(8-6-14)25(39)40)30-24(38)18-10-17(32-26-33-41-27(42)34(18)26)23(37)29-11-13-3-2-4-16(9-13)31-20-19(28)21(35)22(20)36/h2-10,12,31H,11,28H2,1H3,(H,29,37)(H,30,38)(H,39,40)/t12-/m0/s1. The number of amides is 2. The van der Waals surface area contributed by atoms with Crippen molar-refractivity contribution < 1.29 is 24.0 Å². The molecule has 0 unspecified atom stereocenters. The number of aromatic carboxylic acids is 1. The number of nitrogens with two attached hydrogens (primary N) is 1. The van der Waals surface area contributed by atoms with Crippen molar-refractivity contribution in [2.75, 3.05) is 11.1 Å². The van der Waals surface area contributed by atoms with E-state index in [2.05, 4.69) is 26.1 Å². The van der Waals surface area contributed by atoms with Crippen LogP contribution in [0.3, 0.4) is 0 Å². The molecule has 212 valence electrons. The molecule has 15 heteroatoms. The molecular formula is C27H21N7O7S. The van der Waals surface area contributed by atoms with Crippen molar-refractivity contribution >= 4 is 52.8 Å². The molecule has 14 nitrogen and oxygen atoms in total. The van der Waals surface area contributed by atoms with Gasteiger partial charge in [-0.05, 0) is 65.8 Å². The quantitative estimate of drug-likeness (QED) is 0.124. The first kappa shape index (κ1) is 27.9. The number of nitrogen functional groups attached to an aromatic ring is 1. The highest BCUT2D eigenvalue weighted by molar-refractivity contribution is 7.71. The average molecular weight is 588 g/mol. The number of aromatic nitrogens is 3. The second-order valence-corrected chi connectivity index (χ2v) is 9.54. The second-order valence-electron chi connectivity index (χ2n) is 9.19. The highest BCUT2D eigenvalue weighted by atomic mass is 32.1. The molecule has 6 N–H and O–H groups in total. The summed E-state index contributed by atoms with van der Waals surface area (Å²) >= 11 is 5.14. The van der Waals surface area contributed by atoms with E-state index in [1.165, 1.54) is 22.6 Å². The van der Waals surface area contributed by atoms with Gasteiger partial charge in [-0.15, -0.1) is 0 Å². The zero-order valence-corrected chi connectivity index (χ0v) is 22.5. The number of nitrogens with one attached hydrogen (secondary N) is 3. The summed E-state index contributed by atoms with van der Waals surface area (Å²) in [7, 11) is 0. The van der Waals surface area contributed by atoms with E-state index in [9.17, 15) is 24.0 Å². The molecule has 0 aliphatic carbocycles. The number of carbonyl (C=O) groups is 3. The van der Waals surface area contributed by atoms with Gasteiger partial charge in [0.1, 0.15) is 22.8 Å². The maximum Gasteiger partial charge on any atom is 0.335 e. The maximum absolute atomic E-state index is 13.3. The van der Waals surface area contributed by atoms with Gasteiger partial charge in [0.15, 0.2) is 0 Å². The number of rotatable bonds is 9. The minimum Gasteiger partial charge on any atom is -0.478 e. The molecule has 5 rings (SSSR count). The topological polar surface area (TPSA) is 211 Å². The van der Waals surface area contributed by atoms with Crippen LogP contribution in [0.1, 0.15) is 55.4 Å². The number of benzene rings is 2. The van der Waals surface area contributed by atoms with Crippen LogP contribution in [0, 0.1) is 4.84 Å². The van der Waals surface area contributed by atoms with E-state index in [0.29, 0.717) is 16.8 Å². The third-order valence-electron chi connectivity index (χ3n) is 6.39. The molecule has 5 aromatic rings. The third-order valence-corrected chi connectivity index (χ3v) is 6.65. The van der Waals surface area contributed by atoms with Crippen LogP contribution in [0.25, 0.3) is 5.78 Å². The zero-order chi connectivity index (χ0) is 30.1. The van der Waals surface area contributed by atoms with Crippen molar-refractivity contribution in [1.82, 2.24) is 25.2 Å². The van der Waals surface area contributed by atoms with E-state index in [0.717, 1.165) is 0 Å². The first-order valence-corrected chi connectivity index (χ1v) is 12.7. The van der Waals surface area contributed by atoms with Gasteiger partial charge < -0.3 is 31.3 Å². The Morgan fingerprint density at radius 1 is 1.07 bits per heavy atom. The van der Waals surface area contributed by atoms with Crippen molar-refractivity contribution in [2.45, 2.75) is 19.5 Å². The van der Waals surface area contributed by atoms with E-state index in [4.69, 9.17) is 27.6 Å². The van der Waals surface area contributed by atoms with Crippen LogP contribution < -0.4 is 32.5 Å². The Morgan fingerprint density at radius 3 is 2.50 bits per heavy atom. The van der Waals surface area contributed by atoms with Crippen LogP contribution in [0.2, 0.25) is 0 Å². The third kappa shape index (κ3) is 5.35. The van der Waals surface area contributed by atoms with E-state index >= 15 is 0 Å². The predicted molar refractivity (Wildman–Crippen MR) is 152 cm³/mol. The lowest BCUT2D eigenvalue weighted by Gasteiger charge is -2.15. The SMILES string of the molecule is C[C@H](NC(=O)c1cc(C(=O)NCc2cccc(Nc3c(N)c(=O)c3=O)c2)nc2noc(=S)n12)c1ccc(C(=O)O)cc1. The number of nitrogens with zero attached hydrogens (tertiary/aromatic N) is 3. The predicted octanol–water partition coefficient (Wildman–Crippen LogP) is 2.09. The van der Waals surface area contributed by atoms with Gasteiger partial charge in [0.25, 0.3) is 28.4 Å². The number of carboxylic acids is 1. The molecule has 42 heavy (non-hydrogen) atoms. The summed E-state index contributed by atoms with van der Waals surface area (Å²) in [5.74, 6) is -2.40. The Labute approximate surface area is 240 Å². The maximum atomic E-state index is 13.3. The van der Waals surface area contributed by atoms with Gasteiger partial charge >= 0.3 is 10.8 Å². The van der Waals surface area contributed by atoms with Gasteiger partial charge in [0.05, 0.1) is 11.6 Å². The molecule has 2 heterocycles. The highest BCUT2D eigenvalue weighted by Gasteiger charge is 2.22. The summed E-state index contributed by atoms with van der Waals surface area (Å²) in [5.41, 5.74) is 5.71. The van der Waals surface area contributed by atoms with E-state index < -0.39 is 34.7 Å². The number of carbonyl (C=O) groups excluding carboxylic acids is 2. The number of fused-ring (bicyclic) bond motifs is 1. The molecule has 3 aromatic carbocycles. The molecule has 0 spiro atoms. The molecule has 1 atom stereocenters. The smallest absolute Gasteiger partial charge is 0.335 e. The van der Waals surface area contributed by atoms with Gasteiger partial charge in [-0.25, -0.2) is 14.2 Å².